The van der Waals surface area contributed by atoms with Gasteiger partial charge in [-0.1, -0.05) is 6.58 Å². The van der Waals surface area contributed by atoms with Crippen LogP contribution >= 0.6 is 0 Å². The Balaban J connectivity index is 3.07. The van der Waals surface area contributed by atoms with Crippen LogP contribution in [0.3, 0.4) is 0 Å². The number of nitrogens with zero attached hydrogens (tertiary/aromatic N) is 1. The zero-order valence-corrected chi connectivity index (χ0v) is 6.32. The smallest absolute Gasteiger partial charge is 0.356 e. The van der Waals surface area contributed by atoms with Gasteiger partial charge in [0.25, 0.3) is 0 Å². The Morgan fingerprint density at radius 2 is 2.50 bits per heavy atom. The summed E-state index contributed by atoms with van der Waals surface area (Å²) in [6, 6.07) is 3.27. The van der Waals surface area contributed by atoms with Crippen molar-refractivity contribution in [3.8, 4) is 0 Å². The number of rotatable bonds is 3. The molecule has 0 saturated carbocycles. The molecule has 0 aromatic carbocycles. The molecule has 0 amide bonds. The average Bonchev–Trinajstić information content (AvgIpc) is 2.05. The van der Waals surface area contributed by atoms with Gasteiger partial charge >= 0.3 is 5.97 Å². The fourth-order valence-corrected chi connectivity index (χ4v) is 0.802. The van der Waals surface area contributed by atoms with Gasteiger partial charge in [0.2, 0.25) is 0 Å². The molecule has 0 fully saturated rings. The number of hydrogen-bond donors (Lipinski definition) is 2. The highest BCUT2D eigenvalue weighted by atomic mass is 16.4. The second-order valence-corrected chi connectivity index (χ2v) is 2.05. The van der Waals surface area contributed by atoms with E-state index < -0.39 is 5.97 Å². The third kappa shape index (κ3) is 1.60. The SMILES string of the molecule is C=CNc1cccnc1C(=O)O. The number of nitrogens with one attached hydrogen (secondary N) is 1. The number of pyridine rings is 1. The fourth-order valence-electron chi connectivity index (χ4n) is 0.802. The Hall–Kier alpha value is -1.84. The van der Waals surface area contributed by atoms with Crippen LogP contribution in [0.25, 0.3) is 0 Å². The van der Waals surface area contributed by atoms with Crippen molar-refractivity contribution in [2.24, 2.45) is 0 Å². The maximum absolute atomic E-state index is 10.6. The summed E-state index contributed by atoms with van der Waals surface area (Å²) in [7, 11) is 0. The van der Waals surface area contributed by atoms with Crippen molar-refractivity contribution in [3.05, 3.63) is 36.8 Å². The second-order valence-electron chi connectivity index (χ2n) is 2.05. The number of aromatic carboxylic acids is 1. The molecule has 4 nitrogen and oxygen atoms in total. The van der Waals surface area contributed by atoms with Crippen LogP contribution < -0.4 is 5.32 Å². The summed E-state index contributed by atoms with van der Waals surface area (Å²) in [6.45, 7) is 3.42. The summed E-state index contributed by atoms with van der Waals surface area (Å²) in [5.41, 5.74) is 0.442. The summed E-state index contributed by atoms with van der Waals surface area (Å²) < 4.78 is 0. The van der Waals surface area contributed by atoms with Gasteiger partial charge in [0.1, 0.15) is 0 Å². The molecule has 0 aliphatic carbocycles. The Labute approximate surface area is 69.6 Å². The number of hydrogen-bond acceptors (Lipinski definition) is 3. The van der Waals surface area contributed by atoms with E-state index in [-0.39, 0.29) is 5.69 Å². The van der Waals surface area contributed by atoms with E-state index in [2.05, 4.69) is 16.9 Å². The van der Waals surface area contributed by atoms with Crippen LogP contribution in [0.15, 0.2) is 31.1 Å². The molecule has 0 aliphatic heterocycles. The van der Waals surface area contributed by atoms with Crippen molar-refractivity contribution >= 4 is 11.7 Å². The minimum atomic E-state index is -1.06. The molecule has 1 rings (SSSR count). The quantitative estimate of drug-likeness (QED) is 0.707. The molecule has 1 heterocycles. The zero-order chi connectivity index (χ0) is 8.97. The van der Waals surface area contributed by atoms with Crippen molar-refractivity contribution in [1.82, 2.24) is 4.98 Å². The predicted octanol–water partition coefficient (Wildman–Crippen LogP) is 1.34. The monoisotopic (exact) mass is 164 g/mol. The number of carboxylic acids is 1. The normalized spacial score (nSPS) is 9.00. The Morgan fingerprint density at radius 1 is 1.75 bits per heavy atom. The summed E-state index contributed by atoms with van der Waals surface area (Å²) in [4.78, 5) is 14.2. The van der Waals surface area contributed by atoms with Crippen molar-refractivity contribution in [2.75, 3.05) is 5.32 Å². The molecule has 1 aromatic rings. The van der Waals surface area contributed by atoms with Crippen molar-refractivity contribution in [3.63, 3.8) is 0 Å². The van der Waals surface area contributed by atoms with E-state index in [1.807, 2.05) is 0 Å². The first-order valence-electron chi connectivity index (χ1n) is 3.31. The molecule has 0 bridgehead atoms. The van der Waals surface area contributed by atoms with Gasteiger partial charge in [-0.15, -0.1) is 0 Å². The van der Waals surface area contributed by atoms with E-state index >= 15 is 0 Å². The number of aromatic nitrogens is 1. The highest BCUT2D eigenvalue weighted by Gasteiger charge is 2.08. The summed E-state index contributed by atoms with van der Waals surface area (Å²) in [6.07, 6.45) is 2.83. The number of anilines is 1. The van der Waals surface area contributed by atoms with E-state index in [9.17, 15) is 4.79 Å². The lowest BCUT2D eigenvalue weighted by atomic mass is 10.3. The highest BCUT2D eigenvalue weighted by Crippen LogP contribution is 2.11. The molecule has 4 heteroatoms. The van der Waals surface area contributed by atoms with E-state index in [0.29, 0.717) is 5.69 Å². The fraction of sp³-hybridized carbons (Fsp3) is 0. The topological polar surface area (TPSA) is 62.2 Å². The average molecular weight is 164 g/mol. The first-order chi connectivity index (χ1) is 5.75. The van der Waals surface area contributed by atoms with Gasteiger partial charge in [-0.2, -0.15) is 0 Å². The Morgan fingerprint density at radius 3 is 3.08 bits per heavy atom. The molecular weight excluding hydrogens is 156 g/mol. The van der Waals surface area contributed by atoms with Crippen LogP contribution in [0.4, 0.5) is 5.69 Å². The molecule has 62 valence electrons. The molecule has 0 radical (unpaired) electrons. The van der Waals surface area contributed by atoms with E-state index in [4.69, 9.17) is 5.11 Å². The standard InChI is InChI=1S/C8H8N2O2/c1-2-9-6-4-3-5-10-7(6)8(11)12/h2-5,9H,1H2,(H,11,12). The molecule has 0 unspecified atom stereocenters. The molecule has 0 atom stereocenters. The first-order valence-corrected chi connectivity index (χ1v) is 3.31. The lowest BCUT2D eigenvalue weighted by Gasteiger charge is -2.02. The maximum Gasteiger partial charge on any atom is 0.356 e. The van der Waals surface area contributed by atoms with Gasteiger partial charge in [0.15, 0.2) is 5.69 Å². The lowest BCUT2D eigenvalue weighted by Crippen LogP contribution is -2.04. The third-order valence-electron chi connectivity index (χ3n) is 1.27. The molecule has 1 aromatic heterocycles. The van der Waals surface area contributed by atoms with Gasteiger partial charge in [-0.25, -0.2) is 9.78 Å². The van der Waals surface area contributed by atoms with Gasteiger partial charge in [0.05, 0.1) is 5.69 Å². The summed E-state index contributed by atoms with van der Waals surface area (Å²) in [5.74, 6) is -1.06. The van der Waals surface area contributed by atoms with E-state index in [1.54, 1.807) is 12.1 Å². The molecule has 12 heavy (non-hydrogen) atoms. The highest BCUT2D eigenvalue weighted by molar-refractivity contribution is 5.91. The largest absolute Gasteiger partial charge is 0.476 e. The Bertz CT molecular complexity index is 310. The molecule has 2 N–H and O–H groups in total. The minimum Gasteiger partial charge on any atom is -0.476 e. The van der Waals surface area contributed by atoms with Gasteiger partial charge in [-0.3, -0.25) is 0 Å². The third-order valence-corrected chi connectivity index (χ3v) is 1.27. The lowest BCUT2D eigenvalue weighted by molar-refractivity contribution is 0.0691. The van der Waals surface area contributed by atoms with Crippen molar-refractivity contribution in [1.29, 1.82) is 0 Å². The second kappa shape index (κ2) is 3.52. The van der Waals surface area contributed by atoms with Crippen molar-refractivity contribution in [2.45, 2.75) is 0 Å². The number of carboxylic acid groups (broad SMARTS) is 1. The first kappa shape index (κ1) is 8.26. The van der Waals surface area contributed by atoms with E-state index in [1.165, 1.54) is 12.4 Å². The van der Waals surface area contributed by atoms with Crippen LogP contribution in [0.2, 0.25) is 0 Å². The zero-order valence-electron chi connectivity index (χ0n) is 6.32. The van der Waals surface area contributed by atoms with Crippen LogP contribution in [0.5, 0.6) is 0 Å². The summed E-state index contributed by atoms with van der Waals surface area (Å²) in [5, 5.41) is 11.3. The molecule has 0 aliphatic rings. The maximum atomic E-state index is 10.6. The molecule has 0 spiro atoms. The van der Waals surface area contributed by atoms with Crippen LogP contribution in [0, 0.1) is 0 Å². The van der Waals surface area contributed by atoms with Crippen LogP contribution in [-0.2, 0) is 0 Å². The van der Waals surface area contributed by atoms with E-state index in [0.717, 1.165) is 0 Å². The van der Waals surface area contributed by atoms with Gasteiger partial charge < -0.3 is 10.4 Å². The molecule has 0 saturated heterocycles. The van der Waals surface area contributed by atoms with Crippen LogP contribution in [0.1, 0.15) is 10.5 Å². The van der Waals surface area contributed by atoms with Gasteiger partial charge in [0, 0.05) is 6.20 Å². The van der Waals surface area contributed by atoms with Crippen LogP contribution in [-0.4, -0.2) is 16.1 Å². The minimum absolute atomic E-state index is 0.00241. The number of carbonyl (C=O) groups is 1. The summed E-state index contributed by atoms with van der Waals surface area (Å²) >= 11 is 0. The molecular formula is C8H8N2O2. The predicted molar refractivity (Wildman–Crippen MR) is 45.0 cm³/mol. The van der Waals surface area contributed by atoms with Crippen molar-refractivity contribution < 1.29 is 9.90 Å². The van der Waals surface area contributed by atoms with Gasteiger partial charge in [-0.05, 0) is 18.3 Å². The Kier molecular flexibility index (Phi) is 2.42.